The first kappa shape index (κ1) is 15.5. The van der Waals surface area contributed by atoms with Crippen LogP contribution in [0.1, 0.15) is 5.69 Å². The van der Waals surface area contributed by atoms with Gasteiger partial charge < -0.3 is 9.88 Å². The number of nitrogens with one attached hydrogen (secondary N) is 1. The molecule has 0 unspecified atom stereocenters. The number of hydrogen-bond acceptors (Lipinski definition) is 3. The fraction of sp³-hybridized carbons (Fsp3) is 0.429. The van der Waals surface area contributed by atoms with Crippen LogP contribution in [0.2, 0.25) is 0 Å². The summed E-state index contributed by atoms with van der Waals surface area (Å²) in [6, 6.07) is 8.26. The van der Waals surface area contributed by atoms with Gasteiger partial charge in [0.05, 0.1) is 5.75 Å². The van der Waals surface area contributed by atoms with E-state index >= 15 is 0 Å². The van der Waals surface area contributed by atoms with Crippen molar-refractivity contribution in [2.24, 2.45) is 0 Å². The lowest BCUT2D eigenvalue weighted by Gasteiger charge is -2.09. The lowest BCUT2D eigenvalue weighted by Crippen LogP contribution is -2.26. The van der Waals surface area contributed by atoms with Crippen molar-refractivity contribution in [2.75, 3.05) is 25.1 Å². The average molecular weight is 359 g/mol. The second-order valence-electron chi connectivity index (χ2n) is 4.95. The molecule has 0 aliphatic carbocycles. The van der Waals surface area contributed by atoms with E-state index in [4.69, 9.17) is 0 Å². The van der Waals surface area contributed by atoms with Crippen LogP contribution in [0, 0.1) is 6.92 Å². The zero-order valence-corrected chi connectivity index (χ0v) is 14.1. The molecule has 1 N–H and O–H groups in total. The highest BCUT2D eigenvalue weighted by molar-refractivity contribution is 9.10. The normalized spacial score (nSPS) is 12.2. The van der Waals surface area contributed by atoms with Crippen LogP contribution >= 0.6 is 15.9 Å². The number of aromatic nitrogens is 1. The van der Waals surface area contributed by atoms with E-state index in [9.17, 15) is 8.42 Å². The predicted molar refractivity (Wildman–Crippen MR) is 87.0 cm³/mol. The maximum Gasteiger partial charge on any atom is 0.148 e. The summed E-state index contributed by atoms with van der Waals surface area (Å²) in [6.07, 6.45) is 1.26. The highest BCUT2D eigenvalue weighted by atomic mass is 79.9. The summed E-state index contributed by atoms with van der Waals surface area (Å²) < 4.78 is 25.5. The molecule has 0 atom stereocenters. The van der Waals surface area contributed by atoms with Crippen molar-refractivity contribution in [1.29, 1.82) is 0 Å². The topological polar surface area (TPSA) is 51.1 Å². The summed E-state index contributed by atoms with van der Waals surface area (Å²) in [5.74, 6) is 0.183. The van der Waals surface area contributed by atoms with Crippen LogP contribution in [0.4, 0.5) is 0 Å². The second kappa shape index (κ2) is 6.28. The minimum absolute atomic E-state index is 0.183. The molecule has 110 valence electrons. The average Bonchev–Trinajstić information content (AvgIpc) is 2.62. The Labute approximate surface area is 128 Å². The molecule has 0 saturated carbocycles. The highest BCUT2D eigenvalue weighted by Crippen LogP contribution is 2.30. The van der Waals surface area contributed by atoms with Crippen LogP contribution in [0.3, 0.4) is 0 Å². The molecule has 1 aromatic heterocycles. The van der Waals surface area contributed by atoms with Crippen molar-refractivity contribution in [3.8, 4) is 0 Å². The van der Waals surface area contributed by atoms with E-state index in [1.165, 1.54) is 22.9 Å². The smallest absolute Gasteiger partial charge is 0.148 e. The number of fused-ring (bicyclic) bond motifs is 1. The van der Waals surface area contributed by atoms with Crippen LogP contribution in [0.15, 0.2) is 28.7 Å². The molecule has 6 heteroatoms. The molecule has 1 heterocycles. The van der Waals surface area contributed by atoms with Gasteiger partial charge in [0.15, 0.2) is 0 Å². The lowest BCUT2D eigenvalue weighted by atomic mass is 10.2. The second-order valence-corrected chi connectivity index (χ2v) is 8.00. The molecule has 20 heavy (non-hydrogen) atoms. The van der Waals surface area contributed by atoms with Gasteiger partial charge in [-0.3, -0.25) is 0 Å². The third-order valence-corrected chi connectivity index (χ3v) is 5.26. The van der Waals surface area contributed by atoms with Gasteiger partial charge in [-0.1, -0.05) is 18.2 Å². The molecule has 0 spiro atoms. The Hall–Kier alpha value is -0.850. The first-order valence-electron chi connectivity index (χ1n) is 6.52. The number of hydrogen-bond donors (Lipinski definition) is 1. The van der Waals surface area contributed by atoms with Gasteiger partial charge in [-0.15, -0.1) is 0 Å². The van der Waals surface area contributed by atoms with Gasteiger partial charge in [-0.05, 0) is 28.9 Å². The zero-order chi connectivity index (χ0) is 14.8. The van der Waals surface area contributed by atoms with Gasteiger partial charge in [0.2, 0.25) is 0 Å². The zero-order valence-electron chi connectivity index (χ0n) is 11.7. The first-order valence-corrected chi connectivity index (χ1v) is 9.37. The Morgan fingerprint density at radius 1 is 1.25 bits per heavy atom. The van der Waals surface area contributed by atoms with E-state index in [0.717, 1.165) is 17.6 Å². The van der Waals surface area contributed by atoms with Gasteiger partial charge >= 0.3 is 0 Å². The van der Waals surface area contributed by atoms with E-state index in [-0.39, 0.29) is 5.75 Å². The standard InChI is InChI=1S/C14H19BrN2O2S/c1-11-14(15)12-5-3-4-6-13(12)17(11)9-7-16-8-10-20(2,18)19/h3-6,16H,7-10H2,1-2H3. The number of benzene rings is 1. The van der Waals surface area contributed by atoms with E-state index in [2.05, 4.69) is 44.9 Å². The SMILES string of the molecule is Cc1c(Br)c2ccccc2n1CCNCCS(C)(=O)=O. The summed E-state index contributed by atoms with van der Waals surface area (Å²) in [4.78, 5) is 0. The van der Waals surface area contributed by atoms with Crippen molar-refractivity contribution in [2.45, 2.75) is 13.5 Å². The Balaban J connectivity index is 2.02. The van der Waals surface area contributed by atoms with Crippen LogP contribution in [0.5, 0.6) is 0 Å². The lowest BCUT2D eigenvalue weighted by molar-refractivity contribution is 0.587. The molecule has 2 rings (SSSR count). The fourth-order valence-electron chi connectivity index (χ4n) is 2.25. The molecular weight excluding hydrogens is 340 g/mol. The summed E-state index contributed by atoms with van der Waals surface area (Å²) in [5.41, 5.74) is 2.39. The van der Waals surface area contributed by atoms with Crippen LogP contribution in [-0.4, -0.2) is 38.1 Å². The Bertz CT molecular complexity index is 707. The van der Waals surface area contributed by atoms with Gasteiger partial charge in [-0.25, -0.2) is 8.42 Å². The minimum atomic E-state index is -2.88. The van der Waals surface area contributed by atoms with E-state index in [0.29, 0.717) is 6.54 Å². The Morgan fingerprint density at radius 3 is 2.65 bits per heavy atom. The van der Waals surface area contributed by atoms with Gasteiger partial charge in [0.25, 0.3) is 0 Å². The van der Waals surface area contributed by atoms with Gasteiger partial charge in [0, 0.05) is 47.0 Å². The summed E-state index contributed by atoms with van der Waals surface area (Å²) in [7, 11) is -2.88. The maximum atomic E-state index is 11.0. The summed E-state index contributed by atoms with van der Waals surface area (Å²) >= 11 is 3.63. The molecule has 0 aliphatic heterocycles. The van der Waals surface area contributed by atoms with Gasteiger partial charge in [0.1, 0.15) is 9.84 Å². The molecule has 0 radical (unpaired) electrons. The number of rotatable bonds is 6. The summed E-state index contributed by atoms with van der Waals surface area (Å²) in [5, 5.41) is 4.39. The summed E-state index contributed by atoms with van der Waals surface area (Å²) in [6.45, 7) is 4.15. The van der Waals surface area contributed by atoms with Crippen molar-refractivity contribution < 1.29 is 8.42 Å². The van der Waals surface area contributed by atoms with Crippen molar-refractivity contribution in [3.63, 3.8) is 0 Å². The van der Waals surface area contributed by atoms with Crippen LogP contribution < -0.4 is 5.32 Å². The van der Waals surface area contributed by atoms with Crippen LogP contribution in [0.25, 0.3) is 10.9 Å². The third kappa shape index (κ3) is 3.62. The van der Waals surface area contributed by atoms with Crippen molar-refractivity contribution in [3.05, 3.63) is 34.4 Å². The Kier molecular flexibility index (Phi) is 4.88. The van der Waals surface area contributed by atoms with Crippen molar-refractivity contribution >= 4 is 36.7 Å². The molecule has 0 fully saturated rings. The van der Waals surface area contributed by atoms with E-state index < -0.39 is 9.84 Å². The minimum Gasteiger partial charge on any atom is -0.342 e. The largest absolute Gasteiger partial charge is 0.342 e. The predicted octanol–water partition coefficient (Wildman–Crippen LogP) is 2.35. The highest BCUT2D eigenvalue weighted by Gasteiger charge is 2.10. The molecule has 0 aliphatic rings. The fourth-order valence-corrected chi connectivity index (χ4v) is 3.31. The van der Waals surface area contributed by atoms with E-state index in [1.807, 2.05) is 12.1 Å². The van der Waals surface area contributed by atoms with E-state index in [1.54, 1.807) is 0 Å². The molecule has 0 saturated heterocycles. The quantitative estimate of drug-likeness (QED) is 0.806. The molecule has 1 aromatic carbocycles. The Morgan fingerprint density at radius 2 is 1.95 bits per heavy atom. The number of para-hydroxylation sites is 1. The maximum absolute atomic E-state index is 11.0. The number of nitrogens with zero attached hydrogens (tertiary/aromatic N) is 1. The first-order chi connectivity index (χ1) is 9.40. The molecular formula is C14H19BrN2O2S. The monoisotopic (exact) mass is 358 g/mol. The molecule has 0 bridgehead atoms. The number of sulfone groups is 1. The van der Waals surface area contributed by atoms with Gasteiger partial charge in [-0.2, -0.15) is 0 Å². The van der Waals surface area contributed by atoms with Crippen molar-refractivity contribution in [1.82, 2.24) is 9.88 Å². The number of halogens is 1. The molecule has 0 amide bonds. The molecule has 4 nitrogen and oxygen atoms in total. The molecule has 2 aromatic rings. The third-order valence-electron chi connectivity index (χ3n) is 3.32. The van der Waals surface area contributed by atoms with Crippen LogP contribution in [-0.2, 0) is 16.4 Å².